The minimum atomic E-state index is -0.00576. The molecule has 0 atom stereocenters. The van der Waals surface area contributed by atoms with Gasteiger partial charge in [0.15, 0.2) is 17.1 Å². The molecule has 0 spiro atoms. The van der Waals surface area contributed by atoms with Crippen molar-refractivity contribution in [2.24, 2.45) is 0 Å². The summed E-state index contributed by atoms with van der Waals surface area (Å²) in [5, 5.41) is 2.98. The van der Waals surface area contributed by atoms with Crippen LogP contribution in [0.3, 0.4) is 0 Å². The number of nitrogens with zero attached hydrogens (tertiary/aromatic N) is 3. The van der Waals surface area contributed by atoms with Gasteiger partial charge >= 0.3 is 0 Å². The Hall–Kier alpha value is -3.13. The molecule has 0 aliphatic carbocycles. The number of methoxy groups -OCH3 is 3. The van der Waals surface area contributed by atoms with Gasteiger partial charge in [-0.1, -0.05) is 6.07 Å². The first-order chi connectivity index (χ1) is 14.7. The molecule has 1 aromatic carbocycles. The molecule has 0 saturated heterocycles. The van der Waals surface area contributed by atoms with Gasteiger partial charge in [0.1, 0.15) is 11.3 Å². The molecule has 0 aliphatic rings. The standard InChI is InChI=1S/C22H28N4O4/c1-28-14-13-26-20(25-17-5-4-11-24-22(17)26)8-9-21(27)23-12-10-16-6-7-18(29-2)19(15-16)30-3/h4-7,11,15H,8-10,12-14H2,1-3H3,(H,23,27). The fourth-order valence-corrected chi connectivity index (χ4v) is 3.31. The molecule has 160 valence electrons. The summed E-state index contributed by atoms with van der Waals surface area (Å²) in [6.07, 6.45) is 3.37. The van der Waals surface area contributed by atoms with Crippen molar-refractivity contribution in [3.05, 3.63) is 47.9 Å². The van der Waals surface area contributed by atoms with Crippen LogP contribution >= 0.6 is 0 Å². The summed E-state index contributed by atoms with van der Waals surface area (Å²) in [5.74, 6) is 2.21. The molecule has 3 rings (SSSR count). The monoisotopic (exact) mass is 412 g/mol. The quantitative estimate of drug-likeness (QED) is 0.520. The number of benzene rings is 1. The van der Waals surface area contributed by atoms with E-state index in [-0.39, 0.29) is 5.91 Å². The van der Waals surface area contributed by atoms with Crippen molar-refractivity contribution in [1.29, 1.82) is 0 Å². The van der Waals surface area contributed by atoms with Gasteiger partial charge in [0.25, 0.3) is 0 Å². The van der Waals surface area contributed by atoms with Crippen molar-refractivity contribution in [3.8, 4) is 11.5 Å². The molecule has 8 heteroatoms. The van der Waals surface area contributed by atoms with Crippen LogP contribution in [-0.4, -0.2) is 54.9 Å². The summed E-state index contributed by atoms with van der Waals surface area (Å²) >= 11 is 0. The summed E-state index contributed by atoms with van der Waals surface area (Å²) in [5.41, 5.74) is 2.72. The average molecular weight is 412 g/mol. The second-order valence-electron chi connectivity index (χ2n) is 6.81. The van der Waals surface area contributed by atoms with Gasteiger partial charge in [-0.05, 0) is 36.2 Å². The lowest BCUT2D eigenvalue weighted by Crippen LogP contribution is -2.26. The zero-order valence-electron chi connectivity index (χ0n) is 17.7. The Morgan fingerprint density at radius 2 is 1.93 bits per heavy atom. The summed E-state index contributed by atoms with van der Waals surface area (Å²) < 4.78 is 17.8. The first-order valence-electron chi connectivity index (χ1n) is 9.93. The van der Waals surface area contributed by atoms with Gasteiger partial charge in [0.2, 0.25) is 5.91 Å². The zero-order valence-corrected chi connectivity index (χ0v) is 17.7. The third-order valence-electron chi connectivity index (χ3n) is 4.86. The van der Waals surface area contributed by atoms with Crippen LogP contribution in [-0.2, 0) is 28.9 Å². The lowest BCUT2D eigenvalue weighted by Gasteiger charge is -2.10. The van der Waals surface area contributed by atoms with E-state index in [1.807, 2.05) is 34.9 Å². The molecule has 0 unspecified atom stereocenters. The van der Waals surface area contributed by atoms with Gasteiger partial charge in [-0.2, -0.15) is 0 Å². The van der Waals surface area contributed by atoms with Crippen molar-refractivity contribution in [3.63, 3.8) is 0 Å². The topological polar surface area (TPSA) is 87.5 Å². The molecule has 8 nitrogen and oxygen atoms in total. The van der Waals surface area contributed by atoms with Crippen LogP contribution in [0.25, 0.3) is 11.2 Å². The van der Waals surface area contributed by atoms with E-state index in [2.05, 4.69) is 15.3 Å². The minimum absolute atomic E-state index is 0.00576. The van der Waals surface area contributed by atoms with Crippen LogP contribution in [0.5, 0.6) is 11.5 Å². The minimum Gasteiger partial charge on any atom is -0.493 e. The van der Waals surface area contributed by atoms with Crippen molar-refractivity contribution in [2.45, 2.75) is 25.8 Å². The van der Waals surface area contributed by atoms with Crippen molar-refractivity contribution >= 4 is 17.1 Å². The molecular formula is C22H28N4O4. The number of amides is 1. The highest BCUT2D eigenvalue weighted by Crippen LogP contribution is 2.27. The Morgan fingerprint density at radius 3 is 2.70 bits per heavy atom. The Bertz CT molecular complexity index is 986. The van der Waals surface area contributed by atoms with E-state index in [1.54, 1.807) is 27.5 Å². The zero-order chi connectivity index (χ0) is 21.3. The van der Waals surface area contributed by atoms with Gasteiger partial charge in [-0.15, -0.1) is 0 Å². The number of hydrogen-bond acceptors (Lipinski definition) is 6. The highest BCUT2D eigenvalue weighted by atomic mass is 16.5. The maximum atomic E-state index is 12.3. The number of nitrogens with one attached hydrogen (secondary N) is 1. The molecular weight excluding hydrogens is 384 g/mol. The van der Waals surface area contributed by atoms with Gasteiger partial charge in [0, 0.05) is 39.2 Å². The van der Waals surface area contributed by atoms with Crippen LogP contribution in [0.15, 0.2) is 36.5 Å². The number of carbonyl (C=O) groups is 1. The fraction of sp³-hybridized carbons (Fsp3) is 0.409. The Balaban J connectivity index is 1.54. The normalized spacial score (nSPS) is 10.9. The SMILES string of the molecule is COCCn1c(CCC(=O)NCCc2ccc(OC)c(OC)c2)nc2cccnc21. The van der Waals surface area contributed by atoms with E-state index < -0.39 is 0 Å². The molecule has 0 saturated carbocycles. The van der Waals surface area contributed by atoms with Crippen LogP contribution in [0.4, 0.5) is 0 Å². The van der Waals surface area contributed by atoms with Crippen molar-refractivity contribution in [1.82, 2.24) is 19.9 Å². The first-order valence-corrected chi connectivity index (χ1v) is 9.93. The van der Waals surface area contributed by atoms with Crippen LogP contribution in [0, 0.1) is 0 Å². The van der Waals surface area contributed by atoms with Crippen LogP contribution in [0.1, 0.15) is 17.8 Å². The predicted molar refractivity (Wildman–Crippen MR) is 114 cm³/mol. The van der Waals surface area contributed by atoms with Gasteiger partial charge in [0.05, 0.1) is 20.8 Å². The number of aryl methyl sites for hydroxylation is 1. The molecule has 1 N–H and O–H groups in total. The number of pyridine rings is 1. The second kappa shape index (κ2) is 10.6. The number of carbonyl (C=O) groups excluding carboxylic acids is 1. The van der Waals surface area contributed by atoms with Crippen LogP contribution < -0.4 is 14.8 Å². The highest BCUT2D eigenvalue weighted by Gasteiger charge is 2.13. The molecule has 0 bridgehead atoms. The summed E-state index contributed by atoms with van der Waals surface area (Å²) in [4.78, 5) is 21.4. The molecule has 0 radical (unpaired) electrons. The maximum absolute atomic E-state index is 12.3. The van der Waals surface area contributed by atoms with E-state index in [0.29, 0.717) is 50.5 Å². The fourth-order valence-electron chi connectivity index (χ4n) is 3.31. The lowest BCUT2D eigenvalue weighted by atomic mass is 10.1. The van der Waals surface area contributed by atoms with Crippen molar-refractivity contribution < 1.29 is 19.0 Å². The smallest absolute Gasteiger partial charge is 0.220 e. The largest absolute Gasteiger partial charge is 0.493 e. The molecule has 2 heterocycles. The van der Waals surface area contributed by atoms with Gasteiger partial charge in [-0.3, -0.25) is 4.79 Å². The number of hydrogen-bond donors (Lipinski definition) is 1. The first kappa shape index (κ1) is 21.6. The molecule has 3 aromatic rings. The third kappa shape index (κ3) is 5.27. The van der Waals surface area contributed by atoms with Crippen LogP contribution in [0.2, 0.25) is 0 Å². The molecule has 1 amide bonds. The summed E-state index contributed by atoms with van der Waals surface area (Å²) in [6, 6.07) is 9.56. The van der Waals surface area contributed by atoms with Gasteiger partial charge in [-0.25, -0.2) is 9.97 Å². The molecule has 30 heavy (non-hydrogen) atoms. The average Bonchev–Trinajstić information content (AvgIpc) is 3.13. The van der Waals surface area contributed by atoms with E-state index in [4.69, 9.17) is 14.2 Å². The Kier molecular flexibility index (Phi) is 7.62. The number of aromatic nitrogens is 3. The highest BCUT2D eigenvalue weighted by molar-refractivity contribution is 5.76. The van der Waals surface area contributed by atoms with E-state index in [1.165, 1.54) is 0 Å². The molecule has 0 aliphatic heterocycles. The second-order valence-corrected chi connectivity index (χ2v) is 6.81. The Morgan fingerprint density at radius 1 is 1.10 bits per heavy atom. The van der Waals surface area contributed by atoms with E-state index in [0.717, 1.165) is 22.6 Å². The van der Waals surface area contributed by atoms with E-state index >= 15 is 0 Å². The van der Waals surface area contributed by atoms with Gasteiger partial charge < -0.3 is 24.1 Å². The number of fused-ring (bicyclic) bond motifs is 1. The summed E-state index contributed by atoms with van der Waals surface area (Å²) in [6.45, 7) is 1.77. The maximum Gasteiger partial charge on any atom is 0.220 e. The van der Waals surface area contributed by atoms with E-state index in [9.17, 15) is 4.79 Å². The Labute approximate surface area is 176 Å². The molecule has 0 fully saturated rings. The molecule has 2 aromatic heterocycles. The van der Waals surface area contributed by atoms with Crippen molar-refractivity contribution in [2.75, 3.05) is 34.5 Å². The summed E-state index contributed by atoms with van der Waals surface area (Å²) in [7, 11) is 4.88. The number of rotatable bonds is 11. The lowest BCUT2D eigenvalue weighted by molar-refractivity contribution is -0.121. The predicted octanol–water partition coefficient (Wildman–Crippen LogP) is 2.39. The number of ether oxygens (including phenoxy) is 3. The number of imidazole rings is 1. The third-order valence-corrected chi connectivity index (χ3v) is 4.86.